The number of carbonyl (C=O) groups is 1. The smallest absolute Gasteiger partial charge is 0.263 e. The zero-order valence-electron chi connectivity index (χ0n) is 15.0. The van der Waals surface area contributed by atoms with Crippen molar-refractivity contribution in [3.8, 4) is 11.5 Å². The van der Waals surface area contributed by atoms with Crippen molar-refractivity contribution in [2.24, 2.45) is 0 Å². The summed E-state index contributed by atoms with van der Waals surface area (Å²) in [7, 11) is -0.839. The summed E-state index contributed by atoms with van der Waals surface area (Å²) in [5.74, 6) is 0.290. The zero-order valence-corrected chi connectivity index (χ0v) is 16.6. The molecule has 0 radical (unpaired) electrons. The molecule has 0 fully saturated rings. The number of rotatable bonds is 7. The Morgan fingerprint density at radius 1 is 1.04 bits per heavy atom. The van der Waals surface area contributed by atoms with Crippen LogP contribution in [-0.4, -0.2) is 33.5 Å². The molecule has 0 aliphatic carbocycles. The second kappa shape index (κ2) is 8.28. The lowest BCUT2D eigenvalue weighted by atomic mass is 10.1. The Balaban J connectivity index is 1.79. The minimum atomic E-state index is -3.76. The lowest BCUT2D eigenvalue weighted by Crippen LogP contribution is -2.15. The van der Waals surface area contributed by atoms with Gasteiger partial charge in [-0.05, 0) is 36.4 Å². The molecule has 0 spiro atoms. The summed E-state index contributed by atoms with van der Waals surface area (Å²) in [6, 6.07) is 10.8. The quantitative estimate of drug-likeness (QED) is 0.609. The van der Waals surface area contributed by atoms with Crippen LogP contribution in [0, 0.1) is 0 Å². The van der Waals surface area contributed by atoms with Crippen molar-refractivity contribution in [3.63, 3.8) is 0 Å². The minimum absolute atomic E-state index is 0.0515. The van der Waals surface area contributed by atoms with E-state index >= 15 is 0 Å². The predicted molar refractivity (Wildman–Crippen MR) is 107 cm³/mol. The Labute approximate surface area is 166 Å². The van der Waals surface area contributed by atoms with Gasteiger partial charge in [0, 0.05) is 17.3 Å². The molecule has 0 saturated carbocycles. The molecule has 2 aromatic carbocycles. The average molecular weight is 419 g/mol. The van der Waals surface area contributed by atoms with Gasteiger partial charge in [0.1, 0.15) is 17.1 Å². The van der Waals surface area contributed by atoms with Crippen molar-refractivity contribution < 1.29 is 22.7 Å². The van der Waals surface area contributed by atoms with Gasteiger partial charge in [-0.1, -0.05) is 6.07 Å². The molecular formula is C18H17N3O5S2. The lowest BCUT2D eigenvalue weighted by molar-refractivity contribution is 0.102. The summed E-state index contributed by atoms with van der Waals surface area (Å²) >= 11 is 1.18. The molecule has 28 heavy (non-hydrogen) atoms. The first kappa shape index (κ1) is 19.6. The van der Waals surface area contributed by atoms with Gasteiger partial charge in [0.25, 0.3) is 15.9 Å². The monoisotopic (exact) mass is 419 g/mol. The van der Waals surface area contributed by atoms with E-state index < -0.39 is 15.9 Å². The highest BCUT2D eigenvalue weighted by Crippen LogP contribution is 2.29. The molecule has 146 valence electrons. The van der Waals surface area contributed by atoms with Gasteiger partial charge in [0.05, 0.1) is 19.1 Å². The van der Waals surface area contributed by atoms with E-state index in [1.54, 1.807) is 23.6 Å². The maximum atomic E-state index is 12.7. The van der Waals surface area contributed by atoms with Crippen molar-refractivity contribution >= 4 is 38.1 Å². The van der Waals surface area contributed by atoms with Crippen LogP contribution in [0.3, 0.4) is 0 Å². The summed E-state index contributed by atoms with van der Waals surface area (Å²) < 4.78 is 37.6. The van der Waals surface area contributed by atoms with Crippen LogP contribution in [0.15, 0.2) is 58.9 Å². The fraction of sp³-hybridized carbons (Fsp3) is 0.111. The van der Waals surface area contributed by atoms with Crippen LogP contribution >= 0.6 is 11.3 Å². The topological polar surface area (TPSA) is 107 Å². The fourth-order valence-corrected chi connectivity index (χ4v) is 4.22. The number of anilines is 2. The fourth-order valence-electron chi connectivity index (χ4n) is 2.43. The summed E-state index contributed by atoms with van der Waals surface area (Å²) in [6.07, 6.45) is 1.51. The molecule has 3 rings (SSSR count). The van der Waals surface area contributed by atoms with Crippen LogP contribution in [0.2, 0.25) is 0 Å². The second-order valence-electron chi connectivity index (χ2n) is 5.46. The first-order valence-electron chi connectivity index (χ1n) is 7.99. The molecule has 1 amide bonds. The number of hydrogen-bond donors (Lipinski definition) is 2. The van der Waals surface area contributed by atoms with E-state index in [1.165, 1.54) is 56.0 Å². The van der Waals surface area contributed by atoms with Crippen molar-refractivity contribution in [1.29, 1.82) is 0 Å². The van der Waals surface area contributed by atoms with Crippen LogP contribution in [0.1, 0.15) is 10.4 Å². The first-order chi connectivity index (χ1) is 13.4. The number of benzene rings is 2. The maximum absolute atomic E-state index is 12.7. The van der Waals surface area contributed by atoms with Crippen LogP contribution in [0.5, 0.6) is 11.5 Å². The Kier molecular flexibility index (Phi) is 5.81. The Bertz CT molecular complexity index is 1040. The highest BCUT2D eigenvalue weighted by atomic mass is 32.2. The second-order valence-corrected chi connectivity index (χ2v) is 8.04. The largest absolute Gasteiger partial charge is 0.496 e. The number of carbonyl (C=O) groups excluding carboxylic acids is 1. The summed E-state index contributed by atoms with van der Waals surface area (Å²) in [4.78, 5) is 16.6. The number of amides is 1. The van der Waals surface area contributed by atoms with E-state index in [1.807, 2.05) is 0 Å². The molecule has 0 bridgehead atoms. The van der Waals surface area contributed by atoms with Crippen molar-refractivity contribution in [3.05, 3.63) is 59.6 Å². The maximum Gasteiger partial charge on any atom is 0.263 e. The molecule has 0 atom stereocenters. The number of nitrogens with zero attached hydrogens (tertiary/aromatic N) is 1. The van der Waals surface area contributed by atoms with E-state index in [0.29, 0.717) is 17.2 Å². The van der Waals surface area contributed by atoms with Crippen LogP contribution in [0.4, 0.5) is 10.8 Å². The number of nitrogens with one attached hydrogen (secondary N) is 2. The molecule has 0 saturated heterocycles. The van der Waals surface area contributed by atoms with Gasteiger partial charge in [0.15, 0.2) is 5.13 Å². The number of aromatic nitrogens is 1. The number of thiazole rings is 1. The van der Waals surface area contributed by atoms with Crippen LogP contribution < -0.4 is 19.5 Å². The molecule has 10 heteroatoms. The Morgan fingerprint density at radius 2 is 1.68 bits per heavy atom. The van der Waals surface area contributed by atoms with E-state index in [4.69, 9.17) is 9.47 Å². The van der Waals surface area contributed by atoms with E-state index in [9.17, 15) is 13.2 Å². The minimum Gasteiger partial charge on any atom is -0.496 e. The van der Waals surface area contributed by atoms with Crippen molar-refractivity contribution in [2.75, 3.05) is 24.3 Å². The Morgan fingerprint density at radius 3 is 2.21 bits per heavy atom. The van der Waals surface area contributed by atoms with Crippen LogP contribution in [0.25, 0.3) is 0 Å². The lowest BCUT2D eigenvalue weighted by Gasteiger charge is -2.13. The highest BCUT2D eigenvalue weighted by Gasteiger charge is 2.19. The van der Waals surface area contributed by atoms with Gasteiger partial charge < -0.3 is 14.8 Å². The third kappa shape index (κ3) is 4.24. The first-order valence-corrected chi connectivity index (χ1v) is 10.4. The SMILES string of the molecule is COc1cccc(OC)c1C(=O)Nc1ccc(S(=O)(=O)Nc2nccs2)cc1. The van der Waals surface area contributed by atoms with Gasteiger partial charge in [-0.15, -0.1) is 11.3 Å². The Hall–Kier alpha value is -3.11. The molecule has 2 N–H and O–H groups in total. The van der Waals surface area contributed by atoms with Gasteiger partial charge in [0.2, 0.25) is 0 Å². The standard InChI is InChI=1S/C18H17N3O5S2/c1-25-14-4-3-5-15(26-2)16(14)17(22)20-12-6-8-13(9-7-12)28(23,24)21-18-19-10-11-27-18/h3-11H,1-2H3,(H,19,21)(H,20,22). The summed E-state index contributed by atoms with van der Waals surface area (Å²) in [6.45, 7) is 0. The van der Waals surface area contributed by atoms with Crippen LogP contribution in [-0.2, 0) is 10.0 Å². The number of hydrogen-bond acceptors (Lipinski definition) is 7. The zero-order chi connectivity index (χ0) is 20.1. The normalized spacial score (nSPS) is 10.9. The number of methoxy groups -OCH3 is 2. The molecule has 0 unspecified atom stereocenters. The third-order valence-electron chi connectivity index (χ3n) is 3.73. The van der Waals surface area contributed by atoms with Gasteiger partial charge in [-0.3, -0.25) is 9.52 Å². The highest BCUT2D eigenvalue weighted by molar-refractivity contribution is 7.93. The third-order valence-corrected chi connectivity index (χ3v) is 5.90. The molecule has 0 aliphatic heterocycles. The molecule has 0 aliphatic rings. The molecule has 3 aromatic rings. The van der Waals surface area contributed by atoms with E-state index in [2.05, 4.69) is 15.0 Å². The number of ether oxygens (including phenoxy) is 2. The molecule has 1 aromatic heterocycles. The van der Waals surface area contributed by atoms with Gasteiger partial charge in [-0.25, -0.2) is 13.4 Å². The van der Waals surface area contributed by atoms with E-state index in [0.717, 1.165) is 0 Å². The van der Waals surface area contributed by atoms with Crippen molar-refractivity contribution in [2.45, 2.75) is 4.90 Å². The summed E-state index contributed by atoms with van der Waals surface area (Å²) in [5.41, 5.74) is 0.667. The number of sulfonamides is 1. The molecular weight excluding hydrogens is 402 g/mol. The average Bonchev–Trinajstić information content (AvgIpc) is 3.19. The van der Waals surface area contributed by atoms with Gasteiger partial charge in [-0.2, -0.15) is 0 Å². The van der Waals surface area contributed by atoms with Gasteiger partial charge >= 0.3 is 0 Å². The molecule has 8 nitrogen and oxygen atoms in total. The van der Waals surface area contributed by atoms with Crippen molar-refractivity contribution in [1.82, 2.24) is 4.98 Å². The predicted octanol–water partition coefficient (Wildman–Crippen LogP) is 3.21. The summed E-state index contributed by atoms with van der Waals surface area (Å²) in [5, 5.41) is 4.66. The molecule has 1 heterocycles. The van der Waals surface area contributed by atoms with E-state index in [-0.39, 0.29) is 15.6 Å².